The van der Waals surface area contributed by atoms with Gasteiger partial charge < -0.3 is 0 Å². The summed E-state index contributed by atoms with van der Waals surface area (Å²) in [6, 6.07) is 8.77. The normalized spacial score (nSPS) is 26.9. The summed E-state index contributed by atoms with van der Waals surface area (Å²) in [6.07, 6.45) is 13.5. The number of allylic oxidation sites excluding steroid dienone is 5. The molecule has 0 aliphatic heterocycles. The molecule has 15 heavy (non-hydrogen) atoms. The molecule has 0 fully saturated rings. The molecule has 1 aromatic carbocycles. The lowest BCUT2D eigenvalue weighted by Crippen LogP contribution is -2.06. The van der Waals surface area contributed by atoms with Gasteiger partial charge in [0.1, 0.15) is 0 Å². The Bertz CT molecular complexity index is 461. The predicted octanol–water partition coefficient (Wildman–Crippen LogP) is 4.07. The lowest BCUT2D eigenvalue weighted by molar-refractivity contribution is 0.688. The Morgan fingerprint density at radius 3 is 3.00 bits per heavy atom. The summed E-state index contributed by atoms with van der Waals surface area (Å²) in [5, 5.41) is 0. The van der Waals surface area contributed by atoms with Crippen LogP contribution in [0.25, 0.3) is 6.08 Å². The fourth-order valence-electron chi connectivity index (χ4n) is 2.49. The summed E-state index contributed by atoms with van der Waals surface area (Å²) in [7, 11) is 0. The van der Waals surface area contributed by atoms with Crippen LogP contribution in [0.4, 0.5) is 0 Å². The second kappa shape index (κ2) is 3.54. The molecule has 2 aliphatic rings. The highest BCUT2D eigenvalue weighted by atomic mass is 14.2. The minimum absolute atomic E-state index is 0.683. The van der Waals surface area contributed by atoms with Crippen molar-refractivity contribution in [2.75, 3.05) is 0 Å². The molecule has 1 unspecified atom stereocenters. The third kappa shape index (κ3) is 1.56. The third-order valence-corrected chi connectivity index (χ3v) is 3.24. The van der Waals surface area contributed by atoms with Gasteiger partial charge in [0.05, 0.1) is 0 Å². The van der Waals surface area contributed by atoms with Crippen LogP contribution in [-0.2, 0) is 0 Å². The monoisotopic (exact) mass is 194 g/mol. The SMILES string of the molecule is C1=C2/C=C\C=C/CC(C2)c2ccccc21. The molecule has 0 saturated heterocycles. The Hall–Kier alpha value is -1.56. The van der Waals surface area contributed by atoms with E-state index in [0.29, 0.717) is 5.92 Å². The molecule has 3 rings (SSSR count). The van der Waals surface area contributed by atoms with Crippen molar-refractivity contribution in [3.63, 3.8) is 0 Å². The Balaban J connectivity index is 2.16. The molecule has 0 heterocycles. The first kappa shape index (κ1) is 8.72. The van der Waals surface area contributed by atoms with Crippen molar-refractivity contribution < 1.29 is 0 Å². The van der Waals surface area contributed by atoms with E-state index < -0.39 is 0 Å². The summed E-state index contributed by atoms with van der Waals surface area (Å²) >= 11 is 0. The summed E-state index contributed by atoms with van der Waals surface area (Å²) in [5.74, 6) is 0.683. The molecule has 0 saturated carbocycles. The van der Waals surface area contributed by atoms with Gasteiger partial charge in [0.2, 0.25) is 0 Å². The molecule has 0 amide bonds. The second-order valence-electron chi connectivity index (χ2n) is 4.27. The summed E-state index contributed by atoms with van der Waals surface area (Å²) < 4.78 is 0. The molecule has 0 heteroatoms. The Morgan fingerprint density at radius 1 is 1.07 bits per heavy atom. The van der Waals surface area contributed by atoms with Gasteiger partial charge in [-0.3, -0.25) is 0 Å². The molecule has 1 atom stereocenters. The van der Waals surface area contributed by atoms with E-state index in [1.54, 1.807) is 0 Å². The average Bonchev–Trinajstić information content (AvgIpc) is 2.25. The number of rotatable bonds is 0. The highest BCUT2D eigenvalue weighted by Gasteiger charge is 2.19. The van der Waals surface area contributed by atoms with Gasteiger partial charge in [-0.15, -0.1) is 0 Å². The standard InChI is InChI=1S/C15H14/c1-2-6-12-10-13(7-3-1)15-9-5-4-8-14(15)11-12/h1-6,8-9,11,13H,7,10H2/b3-1-,6-2-. The van der Waals surface area contributed by atoms with Crippen molar-refractivity contribution in [3.8, 4) is 0 Å². The lowest BCUT2D eigenvalue weighted by Gasteiger charge is -2.24. The molecule has 2 aliphatic carbocycles. The molecule has 2 bridgehead atoms. The van der Waals surface area contributed by atoms with E-state index >= 15 is 0 Å². The van der Waals surface area contributed by atoms with E-state index in [9.17, 15) is 0 Å². The number of benzene rings is 1. The van der Waals surface area contributed by atoms with Crippen LogP contribution in [0.3, 0.4) is 0 Å². The fraction of sp³-hybridized carbons (Fsp3) is 0.200. The van der Waals surface area contributed by atoms with E-state index in [1.165, 1.54) is 29.5 Å². The third-order valence-electron chi connectivity index (χ3n) is 3.24. The lowest BCUT2D eigenvalue weighted by atomic mass is 9.80. The molecule has 1 aromatic rings. The van der Waals surface area contributed by atoms with Gasteiger partial charge in [-0.25, -0.2) is 0 Å². The van der Waals surface area contributed by atoms with E-state index in [2.05, 4.69) is 54.6 Å². The number of hydrogen-bond donors (Lipinski definition) is 0. The van der Waals surface area contributed by atoms with E-state index in [1.807, 2.05) is 0 Å². The summed E-state index contributed by atoms with van der Waals surface area (Å²) in [4.78, 5) is 0. The molecular weight excluding hydrogens is 180 g/mol. The van der Waals surface area contributed by atoms with Gasteiger partial charge in [0.15, 0.2) is 0 Å². The highest BCUT2D eigenvalue weighted by Crippen LogP contribution is 2.37. The molecule has 74 valence electrons. The van der Waals surface area contributed by atoms with Crippen LogP contribution in [0.1, 0.15) is 29.9 Å². The maximum atomic E-state index is 2.32. The van der Waals surface area contributed by atoms with Gasteiger partial charge in [0, 0.05) is 0 Å². The van der Waals surface area contributed by atoms with E-state index in [-0.39, 0.29) is 0 Å². The Morgan fingerprint density at radius 2 is 2.00 bits per heavy atom. The van der Waals surface area contributed by atoms with Gasteiger partial charge in [-0.1, -0.05) is 54.6 Å². The van der Waals surface area contributed by atoms with Crippen LogP contribution in [0, 0.1) is 0 Å². The first-order valence-electron chi connectivity index (χ1n) is 5.56. The second-order valence-corrected chi connectivity index (χ2v) is 4.27. The van der Waals surface area contributed by atoms with Crippen molar-refractivity contribution in [1.82, 2.24) is 0 Å². The van der Waals surface area contributed by atoms with Crippen molar-refractivity contribution >= 4 is 6.08 Å². The fourth-order valence-corrected chi connectivity index (χ4v) is 2.49. The Kier molecular flexibility index (Phi) is 2.06. The van der Waals surface area contributed by atoms with Crippen molar-refractivity contribution in [1.29, 1.82) is 0 Å². The number of hydrogen-bond acceptors (Lipinski definition) is 0. The van der Waals surface area contributed by atoms with Gasteiger partial charge >= 0.3 is 0 Å². The van der Waals surface area contributed by atoms with Crippen molar-refractivity contribution in [2.45, 2.75) is 18.8 Å². The van der Waals surface area contributed by atoms with Crippen LogP contribution >= 0.6 is 0 Å². The minimum atomic E-state index is 0.683. The van der Waals surface area contributed by atoms with Crippen LogP contribution in [-0.4, -0.2) is 0 Å². The number of fused-ring (bicyclic) bond motifs is 4. The molecule has 0 spiro atoms. The minimum Gasteiger partial charge on any atom is -0.0839 e. The summed E-state index contributed by atoms with van der Waals surface area (Å²) in [5.41, 5.74) is 4.38. The molecule has 0 aromatic heterocycles. The quantitative estimate of drug-likeness (QED) is 0.584. The topological polar surface area (TPSA) is 0 Å². The zero-order chi connectivity index (χ0) is 10.1. The van der Waals surface area contributed by atoms with Crippen molar-refractivity contribution in [2.24, 2.45) is 0 Å². The zero-order valence-electron chi connectivity index (χ0n) is 8.69. The maximum Gasteiger partial charge on any atom is -0.00809 e. The largest absolute Gasteiger partial charge is 0.0839 e. The Labute approximate surface area is 90.6 Å². The van der Waals surface area contributed by atoms with Crippen LogP contribution in [0.15, 0.2) is 54.1 Å². The average molecular weight is 194 g/mol. The molecule has 0 nitrogen and oxygen atoms in total. The van der Waals surface area contributed by atoms with Crippen LogP contribution in [0.2, 0.25) is 0 Å². The van der Waals surface area contributed by atoms with E-state index in [4.69, 9.17) is 0 Å². The molecule has 0 radical (unpaired) electrons. The first-order chi connectivity index (χ1) is 7.43. The van der Waals surface area contributed by atoms with Crippen LogP contribution < -0.4 is 0 Å². The van der Waals surface area contributed by atoms with Gasteiger partial charge in [0.25, 0.3) is 0 Å². The van der Waals surface area contributed by atoms with Gasteiger partial charge in [-0.2, -0.15) is 0 Å². The maximum absolute atomic E-state index is 2.32. The zero-order valence-corrected chi connectivity index (χ0v) is 8.69. The first-order valence-corrected chi connectivity index (χ1v) is 5.56. The predicted molar refractivity (Wildman–Crippen MR) is 64.7 cm³/mol. The van der Waals surface area contributed by atoms with Crippen LogP contribution in [0.5, 0.6) is 0 Å². The van der Waals surface area contributed by atoms with Crippen molar-refractivity contribution in [3.05, 3.63) is 65.3 Å². The van der Waals surface area contributed by atoms with E-state index in [0.717, 1.165) is 0 Å². The molecule has 0 N–H and O–H groups in total. The van der Waals surface area contributed by atoms with Gasteiger partial charge in [-0.05, 0) is 35.5 Å². The molecular formula is C15H14. The highest BCUT2D eigenvalue weighted by molar-refractivity contribution is 5.63. The smallest absolute Gasteiger partial charge is 0.00809 e. The summed E-state index contributed by atoms with van der Waals surface area (Å²) in [6.45, 7) is 0.